The second kappa shape index (κ2) is 12.4. The minimum Gasteiger partial charge on any atom is -0.356 e. The first kappa shape index (κ1) is 22.0. The van der Waals surface area contributed by atoms with Gasteiger partial charge >= 0.3 is 0 Å². The molecule has 0 heterocycles. The number of thioether (sulfide) groups is 1. The molecule has 0 bridgehead atoms. The molecule has 1 rings (SSSR count). The summed E-state index contributed by atoms with van der Waals surface area (Å²) in [5.74, 6) is 1.17. The van der Waals surface area contributed by atoms with Gasteiger partial charge in [0.25, 0.3) is 0 Å². The lowest BCUT2D eigenvalue weighted by atomic mass is 10.2. The van der Waals surface area contributed by atoms with Crippen LogP contribution in [0.25, 0.3) is 0 Å². The summed E-state index contributed by atoms with van der Waals surface area (Å²) in [7, 11) is 3.41. The molecule has 0 aliphatic carbocycles. The third kappa shape index (κ3) is 9.65. The highest BCUT2D eigenvalue weighted by Crippen LogP contribution is 2.04. The Hall–Kier alpha value is -1.03. The highest BCUT2D eigenvalue weighted by molar-refractivity contribution is 14.0. The highest BCUT2D eigenvalue weighted by atomic mass is 127. The molecule has 0 aromatic heterocycles. The average molecular weight is 454 g/mol. The fraction of sp³-hybridized carbons (Fsp3) is 0.467. The summed E-state index contributed by atoms with van der Waals surface area (Å²) < 4.78 is 13.2. The van der Waals surface area contributed by atoms with Crippen molar-refractivity contribution in [1.29, 1.82) is 0 Å². The smallest absolute Gasteiger partial charge is 0.241 e. The van der Waals surface area contributed by atoms with Crippen molar-refractivity contribution in [3.05, 3.63) is 35.6 Å². The maximum absolute atomic E-state index is 13.2. The Morgan fingerprint density at radius 2 is 2.09 bits per heavy atom. The van der Waals surface area contributed by atoms with Gasteiger partial charge in [-0.15, -0.1) is 24.0 Å². The van der Waals surface area contributed by atoms with Gasteiger partial charge in [-0.05, 0) is 24.0 Å². The number of carbonyl (C=O) groups is 1. The summed E-state index contributed by atoms with van der Waals surface area (Å²) in [6, 6.07) is 6.33. The zero-order valence-electron chi connectivity index (χ0n) is 13.6. The number of hydrogen-bond acceptors (Lipinski definition) is 3. The van der Waals surface area contributed by atoms with Crippen molar-refractivity contribution >= 4 is 47.6 Å². The number of benzene rings is 1. The second-order valence-corrected chi connectivity index (χ2v) is 5.84. The number of rotatable bonds is 7. The average Bonchev–Trinajstić information content (AvgIpc) is 2.49. The van der Waals surface area contributed by atoms with E-state index in [0.29, 0.717) is 12.5 Å². The lowest BCUT2D eigenvalue weighted by molar-refractivity contribution is -0.127. The number of amides is 1. The van der Waals surface area contributed by atoms with Crippen molar-refractivity contribution in [2.45, 2.75) is 6.54 Å². The minimum atomic E-state index is -0.277. The van der Waals surface area contributed by atoms with Crippen LogP contribution < -0.4 is 10.6 Å². The molecule has 0 aliphatic rings. The van der Waals surface area contributed by atoms with Crippen molar-refractivity contribution in [2.75, 3.05) is 39.2 Å². The van der Waals surface area contributed by atoms with Gasteiger partial charge in [0.05, 0.1) is 13.1 Å². The van der Waals surface area contributed by atoms with Gasteiger partial charge in [-0.1, -0.05) is 12.1 Å². The quantitative estimate of drug-likeness (QED) is 0.286. The van der Waals surface area contributed by atoms with Gasteiger partial charge in [0.1, 0.15) is 5.82 Å². The Morgan fingerprint density at radius 3 is 2.70 bits per heavy atom. The zero-order chi connectivity index (χ0) is 16.4. The first-order chi connectivity index (χ1) is 10.5. The topological polar surface area (TPSA) is 56.7 Å². The summed E-state index contributed by atoms with van der Waals surface area (Å²) in [6.45, 7) is 1.26. The van der Waals surface area contributed by atoms with E-state index in [1.54, 1.807) is 31.9 Å². The number of hydrogen-bond donors (Lipinski definition) is 2. The lowest BCUT2D eigenvalue weighted by Crippen LogP contribution is -2.43. The van der Waals surface area contributed by atoms with Crippen LogP contribution >= 0.6 is 35.7 Å². The van der Waals surface area contributed by atoms with E-state index in [9.17, 15) is 9.18 Å². The van der Waals surface area contributed by atoms with E-state index in [1.165, 1.54) is 17.0 Å². The molecule has 130 valence electrons. The molecule has 1 amide bonds. The largest absolute Gasteiger partial charge is 0.356 e. The fourth-order valence-corrected chi connectivity index (χ4v) is 1.88. The Balaban J connectivity index is 0.00000484. The van der Waals surface area contributed by atoms with Crippen LogP contribution in [0.2, 0.25) is 0 Å². The molecule has 1 aromatic rings. The van der Waals surface area contributed by atoms with Crippen molar-refractivity contribution in [2.24, 2.45) is 4.99 Å². The van der Waals surface area contributed by atoms with Crippen molar-refractivity contribution in [3.63, 3.8) is 0 Å². The monoisotopic (exact) mass is 454 g/mol. The van der Waals surface area contributed by atoms with E-state index >= 15 is 0 Å². The van der Waals surface area contributed by atoms with E-state index in [0.717, 1.165) is 17.9 Å². The molecule has 0 radical (unpaired) electrons. The summed E-state index contributed by atoms with van der Waals surface area (Å²) in [5.41, 5.74) is 0.782. The van der Waals surface area contributed by atoms with E-state index < -0.39 is 0 Å². The highest BCUT2D eigenvalue weighted by Gasteiger charge is 2.05. The first-order valence-electron chi connectivity index (χ1n) is 6.98. The molecular formula is C15H24FIN4OS. The summed E-state index contributed by atoms with van der Waals surface area (Å²) >= 11 is 1.72. The standard InChI is InChI=1S/C15H23FN4OS.HI/c1-20(2)14(21)11-19-15(17-7-8-22-3)18-10-12-5-4-6-13(16)9-12;/h4-6,9H,7-8,10-11H2,1-3H3,(H2,17,18,19);1H. The van der Waals surface area contributed by atoms with Gasteiger partial charge in [-0.25, -0.2) is 9.38 Å². The Kier molecular flexibility index (Phi) is 11.8. The van der Waals surface area contributed by atoms with Gasteiger partial charge in [0.15, 0.2) is 5.96 Å². The number of halogens is 2. The molecule has 2 N–H and O–H groups in total. The maximum atomic E-state index is 13.2. The third-order valence-electron chi connectivity index (χ3n) is 2.81. The lowest BCUT2D eigenvalue weighted by Gasteiger charge is -2.14. The minimum absolute atomic E-state index is 0. The molecule has 0 aliphatic heterocycles. The van der Waals surface area contributed by atoms with Crippen molar-refractivity contribution in [1.82, 2.24) is 15.5 Å². The molecule has 0 fully saturated rings. The molecule has 1 aromatic carbocycles. The van der Waals surface area contributed by atoms with Crippen LogP contribution in [0.15, 0.2) is 29.3 Å². The molecule has 23 heavy (non-hydrogen) atoms. The van der Waals surface area contributed by atoms with Crippen molar-refractivity contribution < 1.29 is 9.18 Å². The number of carbonyl (C=O) groups excluding carboxylic acids is 1. The van der Waals surface area contributed by atoms with Crippen LogP contribution in [0.1, 0.15) is 5.56 Å². The summed E-state index contributed by atoms with van der Waals surface area (Å²) in [5, 5.41) is 6.14. The molecular weight excluding hydrogens is 430 g/mol. The molecule has 8 heteroatoms. The number of nitrogens with zero attached hydrogens (tertiary/aromatic N) is 2. The Morgan fingerprint density at radius 1 is 1.35 bits per heavy atom. The van der Waals surface area contributed by atoms with Gasteiger partial charge in [-0.3, -0.25) is 4.79 Å². The van der Waals surface area contributed by atoms with Crippen LogP contribution in [0.4, 0.5) is 4.39 Å². The molecule has 0 spiro atoms. The third-order valence-corrected chi connectivity index (χ3v) is 3.43. The van der Waals surface area contributed by atoms with E-state index in [2.05, 4.69) is 15.6 Å². The molecule has 0 atom stereocenters. The number of aliphatic imine (C=N–C) groups is 1. The van der Waals surface area contributed by atoms with Crippen LogP contribution in [-0.4, -0.2) is 56.0 Å². The predicted octanol–water partition coefficient (Wildman–Crippen LogP) is 1.93. The van der Waals surface area contributed by atoms with E-state index in [4.69, 9.17) is 0 Å². The zero-order valence-corrected chi connectivity index (χ0v) is 16.8. The van der Waals surface area contributed by atoms with Crippen LogP contribution in [0.5, 0.6) is 0 Å². The van der Waals surface area contributed by atoms with Crippen LogP contribution in [0, 0.1) is 5.82 Å². The summed E-state index contributed by atoms with van der Waals surface area (Å²) in [6.07, 6.45) is 2.02. The molecule has 0 saturated heterocycles. The number of guanidine groups is 1. The van der Waals surface area contributed by atoms with Gasteiger partial charge in [0, 0.05) is 26.4 Å². The van der Waals surface area contributed by atoms with E-state index in [1.807, 2.05) is 12.3 Å². The molecule has 5 nitrogen and oxygen atoms in total. The Labute approximate surface area is 158 Å². The second-order valence-electron chi connectivity index (χ2n) is 4.86. The maximum Gasteiger partial charge on any atom is 0.241 e. The molecule has 0 saturated carbocycles. The van der Waals surface area contributed by atoms with Crippen molar-refractivity contribution in [3.8, 4) is 0 Å². The molecule has 0 unspecified atom stereocenters. The van der Waals surface area contributed by atoms with E-state index in [-0.39, 0.29) is 42.2 Å². The SMILES string of the molecule is CSCCNC(=NCc1cccc(F)c1)NCC(=O)N(C)C.I. The normalized spacial score (nSPS) is 10.7. The number of nitrogens with one attached hydrogen (secondary N) is 2. The Bertz CT molecular complexity index is 514. The first-order valence-corrected chi connectivity index (χ1v) is 8.38. The fourth-order valence-electron chi connectivity index (χ4n) is 1.57. The number of likely N-dealkylation sites (N-methyl/N-ethyl adjacent to an activating group) is 1. The summed E-state index contributed by atoms with van der Waals surface area (Å²) in [4.78, 5) is 17.5. The van der Waals surface area contributed by atoms with Gasteiger partial charge < -0.3 is 15.5 Å². The van der Waals surface area contributed by atoms with Gasteiger partial charge in [0.2, 0.25) is 5.91 Å². The predicted molar refractivity (Wildman–Crippen MR) is 106 cm³/mol. The van der Waals surface area contributed by atoms with Crippen LogP contribution in [0.3, 0.4) is 0 Å². The van der Waals surface area contributed by atoms with Crippen LogP contribution in [-0.2, 0) is 11.3 Å². The van der Waals surface area contributed by atoms with Gasteiger partial charge in [-0.2, -0.15) is 11.8 Å².